The first kappa shape index (κ1) is 12.3. The van der Waals surface area contributed by atoms with Gasteiger partial charge in [-0.3, -0.25) is 4.79 Å². The molecule has 0 radical (unpaired) electrons. The molecule has 0 atom stereocenters. The number of hydrogen-bond acceptors (Lipinski definition) is 3. The van der Waals surface area contributed by atoms with E-state index in [9.17, 15) is 9.59 Å². The Labute approximate surface area is 108 Å². The van der Waals surface area contributed by atoms with Crippen molar-refractivity contribution in [1.29, 1.82) is 0 Å². The molecule has 1 aromatic carbocycles. The molecule has 0 unspecified atom stereocenters. The van der Waals surface area contributed by atoms with Crippen molar-refractivity contribution >= 4 is 28.9 Å². The number of thiophene rings is 1. The fourth-order valence-corrected chi connectivity index (χ4v) is 2.62. The molecule has 18 heavy (non-hydrogen) atoms. The van der Waals surface area contributed by atoms with Crippen LogP contribution in [0.5, 0.6) is 0 Å². The molecule has 2 aromatic rings. The predicted octanol–water partition coefficient (Wildman–Crippen LogP) is 3.07. The van der Waals surface area contributed by atoms with Gasteiger partial charge in [0.2, 0.25) is 5.91 Å². The molecule has 1 heterocycles. The Bertz CT molecular complexity index is 590. The molecule has 0 fully saturated rings. The summed E-state index contributed by atoms with van der Waals surface area (Å²) in [5, 5.41) is 13.2. The number of carbonyl (C=O) groups is 2. The lowest BCUT2D eigenvalue weighted by Crippen LogP contribution is -2.09. The van der Waals surface area contributed by atoms with Crippen molar-refractivity contribution < 1.29 is 14.7 Å². The molecular weight excluding hydrogens is 250 g/mol. The minimum Gasteiger partial charge on any atom is -0.478 e. The average molecular weight is 261 g/mol. The minimum absolute atomic E-state index is 0.119. The highest BCUT2D eigenvalue weighted by atomic mass is 32.1. The van der Waals surface area contributed by atoms with Gasteiger partial charge < -0.3 is 10.4 Å². The average Bonchev–Trinajstić information content (AvgIpc) is 2.73. The summed E-state index contributed by atoms with van der Waals surface area (Å²) in [5.74, 6) is -1.33. The summed E-state index contributed by atoms with van der Waals surface area (Å²) in [6.45, 7) is 1.36. The first-order chi connectivity index (χ1) is 8.59. The number of aromatic carboxylic acids is 1. The lowest BCUT2D eigenvalue weighted by Gasteiger charge is -2.06. The summed E-state index contributed by atoms with van der Waals surface area (Å²) in [6.07, 6.45) is 0. The molecule has 5 heteroatoms. The zero-order chi connectivity index (χ0) is 13.1. The highest BCUT2D eigenvalue weighted by Gasteiger charge is 2.18. The zero-order valence-corrected chi connectivity index (χ0v) is 10.5. The van der Waals surface area contributed by atoms with Crippen LogP contribution in [0, 0.1) is 0 Å². The van der Waals surface area contributed by atoms with Gasteiger partial charge in [-0.1, -0.05) is 30.3 Å². The molecule has 2 N–H and O–H groups in total. The molecule has 4 nitrogen and oxygen atoms in total. The third-order valence-corrected chi connectivity index (χ3v) is 3.39. The molecule has 0 saturated heterocycles. The Balaban J connectivity index is 2.54. The van der Waals surface area contributed by atoms with Crippen molar-refractivity contribution in [1.82, 2.24) is 0 Å². The van der Waals surface area contributed by atoms with E-state index in [1.54, 1.807) is 0 Å². The molecule has 0 aliphatic rings. The molecule has 1 amide bonds. The van der Waals surface area contributed by atoms with E-state index >= 15 is 0 Å². The summed E-state index contributed by atoms with van der Waals surface area (Å²) in [5.41, 5.74) is 1.37. The number of carboxylic acid groups (broad SMARTS) is 1. The Morgan fingerprint density at radius 1 is 1.22 bits per heavy atom. The summed E-state index contributed by atoms with van der Waals surface area (Å²) in [4.78, 5) is 23.0. The molecule has 92 valence electrons. The van der Waals surface area contributed by atoms with Gasteiger partial charge in [0.05, 0.1) is 16.1 Å². The summed E-state index contributed by atoms with van der Waals surface area (Å²) >= 11 is 1.30. The van der Waals surface area contributed by atoms with E-state index in [-0.39, 0.29) is 11.5 Å². The standard InChI is InChI=1S/C13H11NO3S/c1-8(15)14-11-10(13(16)17)7-18-12(11)9-5-3-2-4-6-9/h2-7H,1H3,(H,14,15)(H,16,17). The van der Waals surface area contributed by atoms with Gasteiger partial charge in [0, 0.05) is 12.3 Å². The molecule has 0 aliphatic carbocycles. The van der Waals surface area contributed by atoms with Crippen molar-refractivity contribution in [2.45, 2.75) is 6.92 Å². The molecular formula is C13H11NO3S. The SMILES string of the molecule is CC(=O)Nc1c(C(=O)O)csc1-c1ccccc1. The van der Waals surface area contributed by atoms with Crippen molar-refractivity contribution in [2.24, 2.45) is 0 Å². The van der Waals surface area contributed by atoms with Gasteiger partial charge in [0.25, 0.3) is 0 Å². The quantitative estimate of drug-likeness (QED) is 0.892. The van der Waals surface area contributed by atoms with Gasteiger partial charge >= 0.3 is 5.97 Å². The smallest absolute Gasteiger partial charge is 0.338 e. The number of benzene rings is 1. The van der Waals surface area contributed by atoms with Crippen LogP contribution >= 0.6 is 11.3 Å². The van der Waals surface area contributed by atoms with Crippen LogP contribution in [0.2, 0.25) is 0 Å². The van der Waals surface area contributed by atoms with Gasteiger partial charge in [-0.05, 0) is 5.56 Å². The zero-order valence-electron chi connectivity index (χ0n) is 9.64. The third-order valence-electron chi connectivity index (χ3n) is 2.36. The fourth-order valence-electron chi connectivity index (χ4n) is 1.62. The lowest BCUT2D eigenvalue weighted by atomic mass is 10.1. The van der Waals surface area contributed by atoms with E-state index in [2.05, 4.69) is 5.32 Å². The summed E-state index contributed by atoms with van der Waals surface area (Å²) in [6, 6.07) is 9.37. The number of carbonyl (C=O) groups excluding carboxylic acids is 1. The van der Waals surface area contributed by atoms with Crippen LogP contribution in [0.1, 0.15) is 17.3 Å². The first-order valence-corrected chi connectivity index (χ1v) is 6.15. The fraction of sp³-hybridized carbons (Fsp3) is 0.0769. The van der Waals surface area contributed by atoms with Crippen molar-refractivity contribution in [3.63, 3.8) is 0 Å². The summed E-state index contributed by atoms with van der Waals surface area (Å²) in [7, 11) is 0. The van der Waals surface area contributed by atoms with Crippen LogP contribution < -0.4 is 5.32 Å². The lowest BCUT2D eigenvalue weighted by molar-refractivity contribution is -0.114. The van der Waals surface area contributed by atoms with Crippen LogP contribution in [0.25, 0.3) is 10.4 Å². The van der Waals surface area contributed by atoms with Gasteiger partial charge in [-0.25, -0.2) is 4.79 Å². The Morgan fingerprint density at radius 3 is 2.44 bits per heavy atom. The predicted molar refractivity (Wildman–Crippen MR) is 71.0 cm³/mol. The second kappa shape index (κ2) is 5.01. The van der Waals surface area contributed by atoms with E-state index in [0.29, 0.717) is 5.69 Å². The minimum atomic E-state index is -1.04. The first-order valence-electron chi connectivity index (χ1n) is 5.27. The third kappa shape index (κ3) is 2.41. The molecule has 0 spiro atoms. The van der Waals surface area contributed by atoms with Gasteiger partial charge in [0.15, 0.2) is 0 Å². The van der Waals surface area contributed by atoms with Crippen molar-refractivity contribution in [3.05, 3.63) is 41.3 Å². The molecule has 0 bridgehead atoms. The van der Waals surface area contributed by atoms with E-state index in [0.717, 1.165) is 10.4 Å². The molecule has 0 saturated carbocycles. The van der Waals surface area contributed by atoms with Crippen molar-refractivity contribution in [3.8, 4) is 10.4 Å². The Hall–Kier alpha value is -2.14. The Morgan fingerprint density at radius 2 is 1.89 bits per heavy atom. The van der Waals surface area contributed by atoms with Gasteiger partial charge in [0.1, 0.15) is 0 Å². The highest BCUT2D eigenvalue weighted by Crippen LogP contribution is 2.37. The van der Waals surface area contributed by atoms with E-state index < -0.39 is 5.97 Å². The van der Waals surface area contributed by atoms with Crippen molar-refractivity contribution in [2.75, 3.05) is 5.32 Å². The van der Waals surface area contributed by atoms with Crippen LogP contribution in [-0.2, 0) is 4.79 Å². The molecule has 1 aromatic heterocycles. The van der Waals surface area contributed by atoms with Crippen LogP contribution in [0.15, 0.2) is 35.7 Å². The summed E-state index contributed by atoms with van der Waals surface area (Å²) < 4.78 is 0. The monoisotopic (exact) mass is 261 g/mol. The maximum Gasteiger partial charge on any atom is 0.338 e. The van der Waals surface area contributed by atoms with E-state index in [1.807, 2.05) is 30.3 Å². The number of hydrogen-bond donors (Lipinski definition) is 2. The van der Waals surface area contributed by atoms with Crippen LogP contribution in [0.3, 0.4) is 0 Å². The number of nitrogens with one attached hydrogen (secondary N) is 1. The van der Waals surface area contributed by atoms with Gasteiger partial charge in [-0.15, -0.1) is 11.3 Å². The largest absolute Gasteiger partial charge is 0.478 e. The maximum atomic E-state index is 11.2. The number of rotatable bonds is 3. The molecule has 0 aliphatic heterocycles. The second-order valence-corrected chi connectivity index (χ2v) is 4.59. The van der Waals surface area contributed by atoms with Crippen LogP contribution in [0.4, 0.5) is 5.69 Å². The van der Waals surface area contributed by atoms with E-state index in [4.69, 9.17) is 5.11 Å². The maximum absolute atomic E-state index is 11.2. The number of amides is 1. The van der Waals surface area contributed by atoms with Crippen LogP contribution in [-0.4, -0.2) is 17.0 Å². The Kier molecular flexibility index (Phi) is 3.43. The number of anilines is 1. The van der Waals surface area contributed by atoms with E-state index in [1.165, 1.54) is 23.6 Å². The highest BCUT2D eigenvalue weighted by molar-refractivity contribution is 7.14. The van der Waals surface area contributed by atoms with Gasteiger partial charge in [-0.2, -0.15) is 0 Å². The topological polar surface area (TPSA) is 66.4 Å². The number of carboxylic acids is 1. The normalized spacial score (nSPS) is 10.1. The molecule has 2 rings (SSSR count). The second-order valence-electron chi connectivity index (χ2n) is 3.71.